The molecule has 0 amide bonds. The largest absolute Gasteiger partial charge is 0.329 e. The summed E-state index contributed by atoms with van der Waals surface area (Å²) in [5.41, 5.74) is 4.13. The Morgan fingerprint density at radius 2 is 1.95 bits per heavy atom. The number of unbranched alkanes of at least 4 members (excludes halogenated alkanes) is 3. The second kappa shape index (κ2) is 9.79. The Bertz CT molecular complexity index is 554. The Kier molecular flexibility index (Phi) is 8.38. The lowest BCUT2D eigenvalue weighted by molar-refractivity contribution is 0.720. The summed E-state index contributed by atoms with van der Waals surface area (Å²) >= 11 is 0. The molecule has 1 atom stereocenters. The third-order valence-corrected chi connectivity index (χ3v) is 4.39. The standard InChI is InChI=1S/C14H20NP.C5H10/c1-3-4-5-7-12-8-6-9-14-13(12)10-11(2)15(14)16;1-3-5-4-2/h6,8-10H,3-5,7,16H2,1-2H3;3H,1,4-5H2,2H3. The number of hydrogen-bond acceptors (Lipinski definition) is 0. The van der Waals surface area contributed by atoms with Crippen molar-refractivity contribution in [3.63, 3.8) is 0 Å². The fourth-order valence-corrected chi connectivity index (χ4v) is 2.73. The van der Waals surface area contributed by atoms with Crippen molar-refractivity contribution in [1.29, 1.82) is 0 Å². The van der Waals surface area contributed by atoms with Crippen LogP contribution >= 0.6 is 9.39 Å². The van der Waals surface area contributed by atoms with Crippen LogP contribution in [0.1, 0.15) is 57.2 Å². The average molecular weight is 303 g/mol. The molecule has 0 saturated heterocycles. The van der Waals surface area contributed by atoms with Gasteiger partial charge in [0.1, 0.15) is 0 Å². The van der Waals surface area contributed by atoms with Crippen molar-refractivity contribution in [2.45, 2.75) is 59.3 Å². The maximum Gasteiger partial charge on any atom is 0.0514 e. The summed E-state index contributed by atoms with van der Waals surface area (Å²) in [5.74, 6) is 0. The first kappa shape index (κ1) is 18.0. The normalized spacial score (nSPS) is 10.3. The van der Waals surface area contributed by atoms with Crippen molar-refractivity contribution in [2.75, 3.05) is 0 Å². The van der Waals surface area contributed by atoms with Crippen LogP contribution in [0.25, 0.3) is 10.9 Å². The minimum Gasteiger partial charge on any atom is -0.329 e. The highest BCUT2D eigenvalue weighted by Gasteiger charge is 2.06. The van der Waals surface area contributed by atoms with E-state index >= 15 is 0 Å². The lowest BCUT2D eigenvalue weighted by Crippen LogP contribution is -1.87. The van der Waals surface area contributed by atoms with Crippen LogP contribution in [0, 0.1) is 6.92 Å². The van der Waals surface area contributed by atoms with E-state index in [1.54, 1.807) is 0 Å². The Balaban J connectivity index is 0.000000383. The minimum absolute atomic E-state index is 1.15. The summed E-state index contributed by atoms with van der Waals surface area (Å²) in [6, 6.07) is 8.92. The van der Waals surface area contributed by atoms with Gasteiger partial charge in [0.25, 0.3) is 0 Å². The number of hydrogen-bond donors (Lipinski definition) is 0. The molecular formula is C19H30NP. The fourth-order valence-electron chi connectivity index (χ4n) is 2.43. The summed E-state index contributed by atoms with van der Waals surface area (Å²) in [4.78, 5) is 0. The molecule has 0 bridgehead atoms. The minimum atomic E-state index is 1.15. The molecule has 2 rings (SSSR count). The lowest BCUT2D eigenvalue weighted by Gasteiger charge is -2.03. The maximum absolute atomic E-state index is 3.55. The molecule has 2 aromatic rings. The number of fused-ring (bicyclic) bond motifs is 1. The Hall–Kier alpha value is -1.07. The highest BCUT2D eigenvalue weighted by atomic mass is 31.0. The first-order valence-corrected chi connectivity index (χ1v) is 8.63. The van der Waals surface area contributed by atoms with Crippen molar-refractivity contribution in [2.24, 2.45) is 0 Å². The van der Waals surface area contributed by atoms with Crippen molar-refractivity contribution in [1.82, 2.24) is 4.34 Å². The number of allylic oxidation sites excluding steroid dienone is 1. The van der Waals surface area contributed by atoms with Crippen LogP contribution in [0.4, 0.5) is 0 Å². The van der Waals surface area contributed by atoms with Gasteiger partial charge in [0.15, 0.2) is 0 Å². The van der Waals surface area contributed by atoms with Crippen molar-refractivity contribution in [3.8, 4) is 0 Å². The third kappa shape index (κ3) is 5.32. The molecule has 116 valence electrons. The second-order valence-corrected chi connectivity index (χ2v) is 6.06. The summed E-state index contributed by atoms with van der Waals surface area (Å²) in [6.07, 6.45) is 9.44. The zero-order valence-corrected chi connectivity index (χ0v) is 15.0. The van der Waals surface area contributed by atoms with E-state index in [0.717, 1.165) is 6.42 Å². The van der Waals surface area contributed by atoms with Crippen LogP contribution in [0.5, 0.6) is 0 Å². The van der Waals surface area contributed by atoms with Gasteiger partial charge in [0.2, 0.25) is 0 Å². The third-order valence-electron chi connectivity index (χ3n) is 3.71. The van der Waals surface area contributed by atoms with Gasteiger partial charge >= 0.3 is 0 Å². The van der Waals surface area contributed by atoms with Gasteiger partial charge in [-0.25, -0.2) is 0 Å². The van der Waals surface area contributed by atoms with Crippen LogP contribution in [0.3, 0.4) is 0 Å². The molecule has 0 fully saturated rings. The molecule has 1 aromatic heterocycles. The number of aromatic nitrogens is 1. The molecule has 0 aliphatic rings. The first-order valence-electron chi connectivity index (χ1n) is 8.11. The number of rotatable bonds is 6. The molecule has 1 aromatic carbocycles. The van der Waals surface area contributed by atoms with E-state index < -0.39 is 0 Å². The van der Waals surface area contributed by atoms with Crippen LogP contribution in [-0.4, -0.2) is 4.34 Å². The lowest BCUT2D eigenvalue weighted by atomic mass is 10.0. The van der Waals surface area contributed by atoms with Gasteiger partial charge in [-0.1, -0.05) is 51.3 Å². The number of benzene rings is 1. The zero-order chi connectivity index (χ0) is 15.7. The van der Waals surface area contributed by atoms with Crippen LogP contribution in [0.2, 0.25) is 0 Å². The van der Waals surface area contributed by atoms with Gasteiger partial charge < -0.3 is 4.34 Å². The molecule has 0 radical (unpaired) electrons. The fraction of sp³-hybridized carbons (Fsp3) is 0.474. The maximum atomic E-state index is 3.55. The van der Waals surface area contributed by atoms with Crippen molar-refractivity contribution < 1.29 is 0 Å². The Morgan fingerprint density at radius 1 is 1.19 bits per heavy atom. The Morgan fingerprint density at radius 3 is 2.52 bits per heavy atom. The summed E-state index contributed by atoms with van der Waals surface area (Å²) in [5, 5.41) is 1.42. The summed E-state index contributed by atoms with van der Waals surface area (Å²) < 4.78 is 2.19. The second-order valence-electron chi connectivity index (χ2n) is 5.54. The van der Waals surface area contributed by atoms with Gasteiger partial charge in [0, 0.05) is 11.1 Å². The molecule has 0 N–H and O–H groups in total. The predicted molar refractivity (Wildman–Crippen MR) is 100 cm³/mol. The highest BCUT2D eigenvalue weighted by molar-refractivity contribution is 7.15. The quantitative estimate of drug-likeness (QED) is 0.335. The zero-order valence-electron chi connectivity index (χ0n) is 13.9. The number of nitrogens with zero attached hydrogens (tertiary/aromatic N) is 1. The van der Waals surface area contributed by atoms with E-state index in [1.807, 2.05) is 6.08 Å². The van der Waals surface area contributed by atoms with E-state index in [0.29, 0.717) is 0 Å². The molecule has 1 unspecified atom stereocenters. The topological polar surface area (TPSA) is 4.93 Å². The molecule has 0 spiro atoms. The summed E-state index contributed by atoms with van der Waals surface area (Å²) in [6.45, 7) is 10.1. The van der Waals surface area contributed by atoms with E-state index in [9.17, 15) is 0 Å². The highest BCUT2D eigenvalue weighted by Crippen LogP contribution is 2.26. The van der Waals surface area contributed by atoms with Crippen molar-refractivity contribution in [3.05, 3.63) is 48.2 Å². The van der Waals surface area contributed by atoms with E-state index in [1.165, 1.54) is 54.3 Å². The smallest absolute Gasteiger partial charge is 0.0514 e. The molecule has 1 heterocycles. The van der Waals surface area contributed by atoms with Crippen molar-refractivity contribution >= 4 is 20.3 Å². The molecule has 2 heteroatoms. The predicted octanol–water partition coefficient (Wildman–Crippen LogP) is 6.29. The van der Waals surface area contributed by atoms with Gasteiger partial charge in [-0.2, -0.15) is 0 Å². The van der Waals surface area contributed by atoms with Crippen LogP contribution < -0.4 is 0 Å². The SMILES string of the molecule is C=CCCC.CCCCCc1cccc2c1cc(C)n2P. The van der Waals surface area contributed by atoms with Crippen LogP contribution in [0.15, 0.2) is 36.9 Å². The molecule has 1 nitrogen and oxygen atoms in total. The van der Waals surface area contributed by atoms with E-state index in [4.69, 9.17) is 0 Å². The van der Waals surface area contributed by atoms with E-state index in [2.05, 4.69) is 65.3 Å². The molecule has 0 aliphatic carbocycles. The molecule has 0 saturated carbocycles. The molecule has 0 aliphatic heterocycles. The van der Waals surface area contributed by atoms with Crippen LogP contribution in [-0.2, 0) is 6.42 Å². The van der Waals surface area contributed by atoms with E-state index in [-0.39, 0.29) is 0 Å². The number of aryl methyl sites for hydroxylation is 2. The van der Waals surface area contributed by atoms with Gasteiger partial charge in [0.05, 0.1) is 5.52 Å². The first-order chi connectivity index (χ1) is 10.2. The van der Waals surface area contributed by atoms with Gasteiger partial charge in [-0.3, -0.25) is 0 Å². The summed E-state index contributed by atoms with van der Waals surface area (Å²) in [7, 11) is 2.79. The molecule has 21 heavy (non-hydrogen) atoms. The average Bonchev–Trinajstić information content (AvgIpc) is 2.78. The van der Waals surface area contributed by atoms with Gasteiger partial charge in [-0.05, 0) is 53.3 Å². The van der Waals surface area contributed by atoms with Gasteiger partial charge in [-0.15, -0.1) is 6.58 Å². The monoisotopic (exact) mass is 303 g/mol. The Labute approximate surface area is 132 Å². The molecular weight excluding hydrogens is 273 g/mol.